The summed E-state index contributed by atoms with van der Waals surface area (Å²) in [4.78, 5) is 43.6. The Balaban J connectivity index is 1.59. The molecule has 226 valence electrons. The molecule has 1 heterocycles. The number of fused-ring (bicyclic) bond motifs is 1. The summed E-state index contributed by atoms with van der Waals surface area (Å²) in [7, 11) is 0.389. The van der Waals surface area contributed by atoms with Crippen molar-refractivity contribution in [2.75, 3.05) is 53.3 Å². The molecule has 2 N–H and O–H groups in total. The Morgan fingerprint density at radius 3 is 2.45 bits per heavy atom. The van der Waals surface area contributed by atoms with Crippen LogP contribution in [0.2, 0.25) is 0 Å². The van der Waals surface area contributed by atoms with E-state index in [-0.39, 0.29) is 29.8 Å². The van der Waals surface area contributed by atoms with Gasteiger partial charge >= 0.3 is 0 Å². The van der Waals surface area contributed by atoms with Crippen LogP contribution in [0.1, 0.15) is 33.5 Å². The molecule has 1 aromatic heterocycles. The third-order valence-electron chi connectivity index (χ3n) is 6.67. The van der Waals surface area contributed by atoms with Crippen LogP contribution in [0, 0.1) is 5.82 Å². The van der Waals surface area contributed by atoms with Crippen molar-refractivity contribution in [3.63, 3.8) is 0 Å². The van der Waals surface area contributed by atoms with Crippen LogP contribution in [-0.4, -0.2) is 95.4 Å². The van der Waals surface area contributed by atoms with Gasteiger partial charge in [-0.1, -0.05) is 12.1 Å². The highest BCUT2D eigenvalue weighted by Gasteiger charge is 2.37. The van der Waals surface area contributed by atoms with Crippen LogP contribution in [-0.2, 0) is 28.9 Å². The number of hydrogen-bond acceptors (Lipinski definition) is 9. The number of aromatic nitrogens is 1. The molecule has 2 aromatic carbocycles. The van der Waals surface area contributed by atoms with Gasteiger partial charge in [-0.25, -0.2) is 17.8 Å². The summed E-state index contributed by atoms with van der Waals surface area (Å²) >= 11 is 1.02. The number of rotatable bonds is 14. The summed E-state index contributed by atoms with van der Waals surface area (Å²) < 4.78 is 51.9. The molecule has 1 saturated carbocycles. The normalized spacial score (nSPS) is 14.0. The number of likely N-dealkylation sites (N-methyl/N-ethyl adjacent to an activating group) is 1. The second-order valence-electron chi connectivity index (χ2n) is 9.95. The largest absolute Gasteiger partial charge is 0.384 e. The molecule has 3 aromatic rings. The van der Waals surface area contributed by atoms with Crippen LogP contribution >= 0.6 is 11.3 Å². The lowest BCUT2D eigenvalue weighted by molar-refractivity contribution is -0.126. The second kappa shape index (κ2) is 13.7. The lowest BCUT2D eigenvalue weighted by Crippen LogP contribution is -2.41. The molecule has 1 aliphatic carbocycles. The molecule has 1 aliphatic rings. The van der Waals surface area contributed by atoms with Gasteiger partial charge in [-0.15, -0.1) is 11.3 Å². The highest BCUT2D eigenvalue weighted by molar-refractivity contribution is 7.92. The number of methoxy groups -OCH3 is 2. The van der Waals surface area contributed by atoms with Gasteiger partial charge in [0.1, 0.15) is 10.8 Å². The first-order valence-electron chi connectivity index (χ1n) is 13.3. The van der Waals surface area contributed by atoms with Gasteiger partial charge in [-0.3, -0.25) is 14.4 Å². The molecule has 3 amide bonds. The average Bonchev–Trinajstić information content (AvgIpc) is 3.68. The van der Waals surface area contributed by atoms with Gasteiger partial charge < -0.3 is 25.0 Å². The van der Waals surface area contributed by atoms with E-state index < -0.39 is 44.4 Å². The number of ether oxygens (including phenoxy) is 2. The maximum absolute atomic E-state index is 15.0. The number of hydrogen-bond donors (Lipinski definition) is 2. The predicted octanol–water partition coefficient (Wildman–Crippen LogP) is 2.32. The van der Waals surface area contributed by atoms with E-state index in [1.54, 1.807) is 31.3 Å². The number of benzene rings is 2. The first-order chi connectivity index (χ1) is 20.0. The van der Waals surface area contributed by atoms with Crippen molar-refractivity contribution in [1.29, 1.82) is 0 Å². The number of carbonyl (C=O) groups excluding carboxylic acids is 3. The molecule has 11 nitrogen and oxygen atoms in total. The van der Waals surface area contributed by atoms with Crippen molar-refractivity contribution in [2.45, 2.75) is 24.1 Å². The second-order valence-corrected chi connectivity index (χ2v) is 13.2. The SMILES string of the molecule is COCCN(C)C(=O)c1ccc(-c2ccc3nc(C(C(=O)NCC(=O)NC4CC4)S(=O)(=O)CCOC)sc3c2)cc1F. The van der Waals surface area contributed by atoms with Crippen LogP contribution in [0.25, 0.3) is 21.3 Å². The highest BCUT2D eigenvalue weighted by atomic mass is 32.2. The van der Waals surface area contributed by atoms with Crippen molar-refractivity contribution in [1.82, 2.24) is 20.5 Å². The monoisotopic (exact) mass is 620 g/mol. The Hall–Kier alpha value is -3.46. The number of halogens is 1. The molecule has 0 saturated heterocycles. The Morgan fingerprint density at radius 1 is 1.10 bits per heavy atom. The van der Waals surface area contributed by atoms with Crippen LogP contribution in [0.4, 0.5) is 4.39 Å². The van der Waals surface area contributed by atoms with Gasteiger partial charge in [-0.2, -0.15) is 0 Å². The number of nitrogens with zero attached hydrogens (tertiary/aromatic N) is 2. The Labute approximate surface area is 247 Å². The summed E-state index contributed by atoms with van der Waals surface area (Å²) in [6.07, 6.45) is 1.76. The van der Waals surface area contributed by atoms with Gasteiger partial charge in [-0.05, 0) is 48.2 Å². The van der Waals surface area contributed by atoms with Crippen molar-refractivity contribution in [3.8, 4) is 11.1 Å². The Bertz CT molecular complexity index is 1570. The smallest absolute Gasteiger partial charge is 0.256 e. The van der Waals surface area contributed by atoms with Gasteiger partial charge in [0.25, 0.3) is 5.91 Å². The lowest BCUT2D eigenvalue weighted by Gasteiger charge is -2.17. The maximum Gasteiger partial charge on any atom is 0.256 e. The fourth-order valence-electron chi connectivity index (χ4n) is 4.15. The molecule has 1 atom stereocenters. The maximum atomic E-state index is 15.0. The number of amides is 3. The molecule has 0 radical (unpaired) electrons. The minimum atomic E-state index is -4.05. The summed E-state index contributed by atoms with van der Waals surface area (Å²) in [6, 6.07) is 9.48. The van der Waals surface area contributed by atoms with E-state index in [4.69, 9.17) is 9.47 Å². The van der Waals surface area contributed by atoms with Gasteiger partial charge in [0.15, 0.2) is 15.1 Å². The molecule has 0 aliphatic heterocycles. The number of sulfone groups is 1. The van der Waals surface area contributed by atoms with Gasteiger partial charge in [0, 0.05) is 33.9 Å². The molecule has 1 fully saturated rings. The Kier molecular flexibility index (Phi) is 10.2. The van der Waals surface area contributed by atoms with Crippen LogP contribution in [0.5, 0.6) is 0 Å². The minimum Gasteiger partial charge on any atom is -0.384 e. The summed E-state index contributed by atoms with van der Waals surface area (Å²) in [6.45, 7) is 0.169. The quantitative estimate of drug-likeness (QED) is 0.280. The zero-order valence-electron chi connectivity index (χ0n) is 23.5. The van der Waals surface area contributed by atoms with Crippen molar-refractivity contribution in [2.24, 2.45) is 0 Å². The molecule has 42 heavy (non-hydrogen) atoms. The minimum absolute atomic E-state index is 0.0459. The summed E-state index contributed by atoms with van der Waals surface area (Å²) in [5.74, 6) is -2.81. The van der Waals surface area contributed by atoms with Gasteiger partial charge in [0.2, 0.25) is 11.8 Å². The number of nitrogens with one attached hydrogen (secondary N) is 2. The lowest BCUT2D eigenvalue weighted by atomic mass is 10.0. The third kappa shape index (κ3) is 7.68. The zero-order chi connectivity index (χ0) is 30.4. The number of carbonyl (C=O) groups is 3. The fraction of sp³-hybridized carbons (Fsp3) is 0.429. The molecular formula is C28H33FN4O7S2. The van der Waals surface area contributed by atoms with Crippen molar-refractivity contribution >= 4 is 49.1 Å². The van der Waals surface area contributed by atoms with E-state index in [0.29, 0.717) is 34.5 Å². The number of thiazole rings is 1. The summed E-state index contributed by atoms with van der Waals surface area (Å²) in [5, 5.41) is 3.58. The molecule has 0 bridgehead atoms. The van der Waals surface area contributed by atoms with Crippen LogP contribution < -0.4 is 10.6 Å². The van der Waals surface area contributed by atoms with E-state index in [1.165, 1.54) is 31.3 Å². The standard InChI is InChI=1S/C28H33FN4O7S2/c1-33(10-11-39-2)28(36)20-8-4-17(14-21(20)29)18-5-9-22-23(15-18)41-27(32-22)25(42(37,38)13-12-40-3)26(35)30-16-24(34)31-19-6-7-19/h4-5,8-9,14-15,19,25H,6-7,10-13,16H2,1-3H3,(H,30,35)(H,31,34). The molecule has 4 rings (SSSR count). The predicted molar refractivity (Wildman–Crippen MR) is 156 cm³/mol. The van der Waals surface area contributed by atoms with Gasteiger partial charge in [0.05, 0.1) is 41.3 Å². The summed E-state index contributed by atoms with van der Waals surface area (Å²) in [5.41, 5.74) is 1.50. The molecule has 0 spiro atoms. The van der Waals surface area contributed by atoms with E-state index in [2.05, 4.69) is 15.6 Å². The first-order valence-corrected chi connectivity index (χ1v) is 15.8. The van der Waals surface area contributed by atoms with E-state index in [0.717, 1.165) is 24.2 Å². The zero-order valence-corrected chi connectivity index (χ0v) is 25.1. The molecular weight excluding hydrogens is 587 g/mol. The Morgan fingerprint density at radius 2 is 1.79 bits per heavy atom. The van der Waals surface area contributed by atoms with Crippen molar-refractivity contribution < 1.29 is 36.7 Å². The topological polar surface area (TPSA) is 144 Å². The third-order valence-corrected chi connectivity index (χ3v) is 9.80. The van der Waals surface area contributed by atoms with E-state index in [9.17, 15) is 27.2 Å². The first kappa shape index (κ1) is 31.5. The van der Waals surface area contributed by atoms with Crippen molar-refractivity contribution in [3.05, 3.63) is 52.8 Å². The molecule has 14 heteroatoms. The molecule has 1 unspecified atom stereocenters. The van der Waals surface area contributed by atoms with Crippen LogP contribution in [0.3, 0.4) is 0 Å². The van der Waals surface area contributed by atoms with E-state index in [1.807, 2.05) is 0 Å². The van der Waals surface area contributed by atoms with E-state index >= 15 is 0 Å². The van der Waals surface area contributed by atoms with Crippen LogP contribution in [0.15, 0.2) is 36.4 Å². The fourth-order valence-corrected chi connectivity index (χ4v) is 7.13. The highest BCUT2D eigenvalue weighted by Crippen LogP contribution is 2.34. The average molecular weight is 621 g/mol.